The van der Waals surface area contributed by atoms with E-state index < -0.39 is 5.91 Å². The molecule has 0 aliphatic carbocycles. The lowest BCUT2D eigenvalue weighted by Crippen LogP contribution is -2.20. The molecule has 6 heteroatoms. The smallest absolute Gasteiger partial charge is 0.254 e. The lowest BCUT2D eigenvalue weighted by atomic mass is 9.88. The van der Waals surface area contributed by atoms with Gasteiger partial charge in [-0.15, -0.1) is 0 Å². The van der Waals surface area contributed by atoms with Gasteiger partial charge < -0.3 is 16.2 Å². The van der Waals surface area contributed by atoms with Crippen LogP contribution in [0.25, 0.3) is 0 Å². The Kier molecular flexibility index (Phi) is 2.25. The van der Waals surface area contributed by atoms with Gasteiger partial charge in [-0.1, -0.05) is 0 Å². The minimum atomic E-state index is -0.599. The number of aromatic nitrogens is 2. The van der Waals surface area contributed by atoms with Crippen molar-refractivity contribution in [3.05, 3.63) is 17.6 Å². The molecule has 2 bridgehead atoms. The quantitative estimate of drug-likeness (QED) is 0.760. The number of carbonyl (C=O) groups excluding carboxylic acids is 1. The van der Waals surface area contributed by atoms with E-state index in [0.29, 0.717) is 11.9 Å². The van der Waals surface area contributed by atoms with E-state index in [9.17, 15) is 4.79 Å². The van der Waals surface area contributed by atoms with E-state index >= 15 is 0 Å². The van der Waals surface area contributed by atoms with Gasteiger partial charge >= 0.3 is 0 Å². The van der Waals surface area contributed by atoms with E-state index in [0.717, 1.165) is 19.3 Å². The molecule has 2 saturated heterocycles. The highest BCUT2D eigenvalue weighted by Crippen LogP contribution is 2.43. The van der Waals surface area contributed by atoms with Crippen LogP contribution in [0.2, 0.25) is 0 Å². The number of nitrogens with zero attached hydrogens (tertiary/aromatic N) is 2. The number of hydrogen-bond donors (Lipinski definition) is 2. The van der Waals surface area contributed by atoms with E-state index in [4.69, 9.17) is 16.2 Å². The molecule has 1 amide bonds. The van der Waals surface area contributed by atoms with Gasteiger partial charge in [-0.2, -0.15) is 0 Å². The SMILES string of the molecule is NC(=O)c1cnc(C2CC3CCC2O3)nc1N. The summed E-state index contributed by atoms with van der Waals surface area (Å²) in [5.41, 5.74) is 11.0. The molecule has 3 atom stereocenters. The maximum absolute atomic E-state index is 11.0. The second-order valence-electron chi connectivity index (χ2n) is 4.61. The van der Waals surface area contributed by atoms with Crippen molar-refractivity contribution in [2.24, 2.45) is 5.73 Å². The summed E-state index contributed by atoms with van der Waals surface area (Å²) in [6, 6.07) is 0. The predicted molar refractivity (Wildman–Crippen MR) is 60.2 cm³/mol. The molecule has 0 spiro atoms. The molecule has 0 saturated carbocycles. The number of amides is 1. The summed E-state index contributed by atoms with van der Waals surface area (Å²) in [6.07, 6.45) is 5.07. The summed E-state index contributed by atoms with van der Waals surface area (Å²) in [5.74, 6) is 0.432. The van der Waals surface area contributed by atoms with E-state index in [1.165, 1.54) is 6.20 Å². The van der Waals surface area contributed by atoms with E-state index in [1.807, 2.05) is 0 Å². The summed E-state index contributed by atoms with van der Waals surface area (Å²) in [4.78, 5) is 19.4. The molecule has 0 aromatic carbocycles. The Bertz CT molecular complexity index is 477. The van der Waals surface area contributed by atoms with Crippen molar-refractivity contribution in [1.82, 2.24) is 9.97 Å². The summed E-state index contributed by atoms with van der Waals surface area (Å²) >= 11 is 0. The van der Waals surface area contributed by atoms with Crippen LogP contribution in [-0.4, -0.2) is 28.1 Å². The fourth-order valence-corrected chi connectivity index (χ4v) is 2.69. The van der Waals surface area contributed by atoms with Crippen LogP contribution in [0.3, 0.4) is 0 Å². The first-order valence-corrected chi connectivity index (χ1v) is 5.73. The summed E-state index contributed by atoms with van der Waals surface area (Å²) < 4.78 is 5.74. The van der Waals surface area contributed by atoms with Crippen LogP contribution < -0.4 is 11.5 Å². The third kappa shape index (κ3) is 1.64. The van der Waals surface area contributed by atoms with Crippen molar-refractivity contribution in [2.75, 3.05) is 5.73 Å². The lowest BCUT2D eigenvalue weighted by Gasteiger charge is -2.17. The number of rotatable bonds is 2. The summed E-state index contributed by atoms with van der Waals surface area (Å²) in [5, 5.41) is 0. The molecule has 2 aliphatic rings. The van der Waals surface area contributed by atoms with Crippen molar-refractivity contribution in [2.45, 2.75) is 37.4 Å². The lowest BCUT2D eigenvalue weighted by molar-refractivity contribution is 0.0998. The Morgan fingerprint density at radius 1 is 1.47 bits per heavy atom. The van der Waals surface area contributed by atoms with Crippen molar-refractivity contribution < 1.29 is 9.53 Å². The van der Waals surface area contributed by atoms with Gasteiger partial charge in [0.2, 0.25) is 0 Å². The van der Waals surface area contributed by atoms with Gasteiger partial charge in [0.05, 0.1) is 17.8 Å². The molecule has 1 aromatic heterocycles. The number of fused-ring (bicyclic) bond motifs is 2. The third-order valence-corrected chi connectivity index (χ3v) is 3.54. The first-order valence-electron chi connectivity index (χ1n) is 5.73. The average Bonchev–Trinajstić information content (AvgIpc) is 2.89. The van der Waals surface area contributed by atoms with Gasteiger partial charge in [0.1, 0.15) is 11.6 Å². The first kappa shape index (κ1) is 10.5. The molecule has 0 radical (unpaired) electrons. The number of carbonyl (C=O) groups is 1. The van der Waals surface area contributed by atoms with Gasteiger partial charge in [0.15, 0.2) is 0 Å². The molecule has 3 unspecified atom stereocenters. The first-order chi connectivity index (χ1) is 8.15. The highest BCUT2D eigenvalue weighted by Gasteiger charge is 2.43. The minimum Gasteiger partial charge on any atom is -0.383 e. The van der Waals surface area contributed by atoms with Crippen LogP contribution in [0.1, 0.15) is 41.4 Å². The number of nitrogens with two attached hydrogens (primary N) is 2. The molecule has 90 valence electrons. The van der Waals surface area contributed by atoms with E-state index in [1.54, 1.807) is 0 Å². The molecule has 3 heterocycles. The normalized spacial score (nSPS) is 30.7. The molecule has 4 N–H and O–H groups in total. The fourth-order valence-electron chi connectivity index (χ4n) is 2.69. The van der Waals surface area contributed by atoms with Crippen LogP contribution in [0, 0.1) is 0 Å². The standard InChI is InChI=1S/C11H14N4O2/c12-9-7(10(13)16)4-14-11(15-9)6-3-5-1-2-8(6)17-5/h4-6,8H,1-3H2,(H2,13,16)(H2,12,14,15). The third-order valence-electron chi connectivity index (χ3n) is 3.54. The van der Waals surface area contributed by atoms with Crippen molar-refractivity contribution in [1.29, 1.82) is 0 Å². The number of anilines is 1. The van der Waals surface area contributed by atoms with Crippen LogP contribution in [0.15, 0.2) is 6.20 Å². The highest BCUT2D eigenvalue weighted by atomic mass is 16.5. The average molecular weight is 234 g/mol. The molecule has 3 rings (SSSR count). The van der Waals surface area contributed by atoms with Gasteiger partial charge in [-0.3, -0.25) is 4.79 Å². The zero-order valence-corrected chi connectivity index (χ0v) is 9.30. The maximum atomic E-state index is 11.0. The minimum absolute atomic E-state index is 0.158. The Morgan fingerprint density at radius 3 is 2.82 bits per heavy atom. The molecule has 6 nitrogen and oxygen atoms in total. The highest BCUT2D eigenvalue weighted by molar-refractivity contribution is 5.96. The molecule has 2 aliphatic heterocycles. The van der Waals surface area contributed by atoms with Gasteiger partial charge in [-0.25, -0.2) is 9.97 Å². The number of hydrogen-bond acceptors (Lipinski definition) is 5. The molecular weight excluding hydrogens is 220 g/mol. The molecular formula is C11H14N4O2. The van der Waals surface area contributed by atoms with E-state index in [2.05, 4.69) is 9.97 Å². The monoisotopic (exact) mass is 234 g/mol. The topological polar surface area (TPSA) is 104 Å². The van der Waals surface area contributed by atoms with Gasteiger partial charge in [0, 0.05) is 12.1 Å². The molecule has 1 aromatic rings. The maximum Gasteiger partial charge on any atom is 0.254 e. The zero-order chi connectivity index (χ0) is 12.0. The second kappa shape index (κ2) is 3.66. The van der Waals surface area contributed by atoms with Crippen molar-refractivity contribution >= 4 is 11.7 Å². The van der Waals surface area contributed by atoms with Crippen molar-refractivity contribution in [3.8, 4) is 0 Å². The van der Waals surface area contributed by atoms with Crippen LogP contribution in [-0.2, 0) is 4.74 Å². The van der Waals surface area contributed by atoms with Gasteiger partial charge in [0.25, 0.3) is 5.91 Å². The Labute approximate surface area is 98.4 Å². The zero-order valence-electron chi connectivity index (χ0n) is 9.30. The number of ether oxygens (including phenoxy) is 1. The Balaban J connectivity index is 1.89. The number of primary amides is 1. The van der Waals surface area contributed by atoms with Crippen LogP contribution >= 0.6 is 0 Å². The largest absolute Gasteiger partial charge is 0.383 e. The molecule has 2 fully saturated rings. The van der Waals surface area contributed by atoms with Crippen LogP contribution in [0.4, 0.5) is 5.82 Å². The Morgan fingerprint density at radius 2 is 2.29 bits per heavy atom. The summed E-state index contributed by atoms with van der Waals surface area (Å²) in [7, 11) is 0. The molecule has 17 heavy (non-hydrogen) atoms. The number of nitrogen functional groups attached to an aromatic ring is 1. The van der Waals surface area contributed by atoms with E-state index in [-0.39, 0.29) is 23.4 Å². The predicted octanol–water partition coefficient (Wildman–Crippen LogP) is 0.193. The van der Waals surface area contributed by atoms with Crippen LogP contribution in [0.5, 0.6) is 0 Å². The second-order valence-corrected chi connectivity index (χ2v) is 4.61. The van der Waals surface area contributed by atoms with Crippen molar-refractivity contribution in [3.63, 3.8) is 0 Å². The summed E-state index contributed by atoms with van der Waals surface area (Å²) in [6.45, 7) is 0. The fraction of sp³-hybridized carbons (Fsp3) is 0.545. The van der Waals surface area contributed by atoms with Gasteiger partial charge in [-0.05, 0) is 19.3 Å². The Hall–Kier alpha value is -1.69.